The molecule has 1 aliphatic heterocycles. The number of thioether (sulfide) groups is 1. The first-order valence-corrected chi connectivity index (χ1v) is 10.1. The van der Waals surface area contributed by atoms with Crippen molar-refractivity contribution in [1.29, 1.82) is 0 Å². The number of ether oxygens (including phenoxy) is 2. The van der Waals surface area contributed by atoms with E-state index in [2.05, 4.69) is 4.99 Å². The van der Waals surface area contributed by atoms with Crippen LogP contribution in [0.5, 0.6) is 11.5 Å². The van der Waals surface area contributed by atoms with Crippen molar-refractivity contribution in [3.05, 3.63) is 58.8 Å². The molecule has 0 aromatic heterocycles. The molecule has 2 aromatic carbocycles. The maximum Gasteiger partial charge on any atom is 0.266 e. The summed E-state index contributed by atoms with van der Waals surface area (Å²) in [4.78, 5) is 18.8. The van der Waals surface area contributed by atoms with Crippen molar-refractivity contribution in [3.63, 3.8) is 0 Å². The molecule has 152 valence electrons. The number of benzene rings is 2. The Labute approximate surface area is 174 Å². The number of likely N-dealkylation sites (N-methyl/N-ethyl adjacent to an activating group) is 1. The number of hydrogen-bond acceptors (Lipinski definition) is 5. The quantitative estimate of drug-likeness (QED) is 0.606. The Bertz CT molecular complexity index is 972. The summed E-state index contributed by atoms with van der Waals surface area (Å²) in [6.45, 7) is 6.31. The van der Waals surface area contributed by atoms with Crippen LogP contribution in [-0.4, -0.2) is 35.7 Å². The Balaban J connectivity index is 1.89. The maximum absolute atomic E-state index is 13.9. The molecule has 1 aliphatic rings. The van der Waals surface area contributed by atoms with Crippen LogP contribution in [0.15, 0.2) is 52.4 Å². The van der Waals surface area contributed by atoms with E-state index < -0.39 is 5.82 Å². The van der Waals surface area contributed by atoms with Crippen LogP contribution in [0.3, 0.4) is 0 Å². The topological polar surface area (TPSA) is 51.1 Å². The summed E-state index contributed by atoms with van der Waals surface area (Å²) in [7, 11) is 1.63. The lowest BCUT2D eigenvalue weighted by Gasteiger charge is -2.15. The van der Waals surface area contributed by atoms with E-state index in [9.17, 15) is 9.18 Å². The average Bonchev–Trinajstić information content (AvgIpc) is 2.93. The number of halogens is 1. The van der Waals surface area contributed by atoms with Gasteiger partial charge in [-0.15, -0.1) is 0 Å². The zero-order valence-corrected chi connectivity index (χ0v) is 17.6. The number of carbonyl (C=O) groups is 1. The molecule has 0 saturated carbocycles. The van der Waals surface area contributed by atoms with Gasteiger partial charge in [0.15, 0.2) is 16.7 Å². The van der Waals surface area contributed by atoms with Crippen molar-refractivity contribution < 1.29 is 18.7 Å². The summed E-state index contributed by atoms with van der Waals surface area (Å²) in [6, 6.07) is 11.8. The monoisotopic (exact) mass is 414 g/mol. The predicted octanol–water partition coefficient (Wildman–Crippen LogP) is 5.25. The first-order chi connectivity index (χ1) is 13.9. The van der Waals surface area contributed by atoms with E-state index in [0.717, 1.165) is 5.56 Å². The van der Waals surface area contributed by atoms with Crippen molar-refractivity contribution in [2.24, 2.45) is 4.99 Å². The third kappa shape index (κ3) is 4.98. The van der Waals surface area contributed by atoms with Gasteiger partial charge in [0.25, 0.3) is 5.91 Å². The molecule has 0 radical (unpaired) electrons. The van der Waals surface area contributed by atoms with E-state index in [4.69, 9.17) is 9.47 Å². The lowest BCUT2D eigenvalue weighted by molar-refractivity contribution is -0.121. The van der Waals surface area contributed by atoms with E-state index in [0.29, 0.717) is 28.2 Å². The Morgan fingerprint density at radius 1 is 1.21 bits per heavy atom. The summed E-state index contributed by atoms with van der Waals surface area (Å²) in [5.41, 5.74) is 1.01. The van der Waals surface area contributed by atoms with Crippen molar-refractivity contribution in [3.8, 4) is 11.5 Å². The summed E-state index contributed by atoms with van der Waals surface area (Å²) < 4.78 is 25.4. The molecule has 1 saturated heterocycles. The second-order valence-corrected chi connectivity index (χ2v) is 7.64. The number of nitrogens with zero attached hydrogens (tertiary/aromatic N) is 2. The standard InChI is InChI=1S/C22H23FN2O3S/c1-5-27-19-12-15(10-11-18(19)28-14(2)3)13-20-21(26)25(4)22(29-20)24-17-9-7-6-8-16(17)23/h6-14H,5H2,1-4H3/b20-13+,24-22?. The van der Waals surface area contributed by atoms with E-state index in [-0.39, 0.29) is 17.7 Å². The van der Waals surface area contributed by atoms with Crippen LogP contribution in [0.4, 0.5) is 10.1 Å². The number of rotatable bonds is 6. The Kier molecular flexibility index (Phi) is 6.59. The molecule has 5 nitrogen and oxygen atoms in total. The molecule has 1 heterocycles. The fraction of sp³-hybridized carbons (Fsp3) is 0.273. The number of amides is 1. The fourth-order valence-corrected chi connectivity index (χ4v) is 3.66. The first-order valence-electron chi connectivity index (χ1n) is 9.33. The van der Waals surface area contributed by atoms with Crippen LogP contribution in [0, 0.1) is 5.82 Å². The SMILES string of the molecule is CCOc1cc(/C=C2/SC(=Nc3ccccc3F)N(C)C2=O)ccc1OC(C)C. The molecule has 0 atom stereocenters. The van der Waals surface area contributed by atoms with Gasteiger partial charge in [-0.1, -0.05) is 18.2 Å². The molecule has 1 fully saturated rings. The summed E-state index contributed by atoms with van der Waals surface area (Å²) >= 11 is 1.21. The fourth-order valence-electron chi connectivity index (χ4n) is 2.68. The van der Waals surface area contributed by atoms with E-state index in [1.54, 1.807) is 31.3 Å². The highest BCUT2D eigenvalue weighted by Crippen LogP contribution is 2.35. The zero-order chi connectivity index (χ0) is 21.0. The number of amidine groups is 1. The molecule has 1 amide bonds. The normalized spacial score (nSPS) is 16.9. The third-order valence-electron chi connectivity index (χ3n) is 4.00. The largest absolute Gasteiger partial charge is 0.490 e. The number of aliphatic imine (C=N–C) groups is 1. The lowest BCUT2D eigenvalue weighted by atomic mass is 10.2. The zero-order valence-electron chi connectivity index (χ0n) is 16.8. The molecule has 7 heteroatoms. The highest BCUT2D eigenvalue weighted by Gasteiger charge is 2.30. The van der Waals surface area contributed by atoms with Gasteiger partial charge in [-0.2, -0.15) is 0 Å². The first kappa shape index (κ1) is 20.9. The Hall–Kier alpha value is -2.80. The van der Waals surface area contributed by atoms with Crippen molar-refractivity contribution in [1.82, 2.24) is 4.90 Å². The molecule has 3 rings (SSSR count). The second kappa shape index (κ2) is 9.13. The highest BCUT2D eigenvalue weighted by atomic mass is 32.2. The number of para-hydroxylation sites is 1. The minimum atomic E-state index is -0.430. The van der Waals surface area contributed by atoms with E-state index >= 15 is 0 Å². The molecular weight excluding hydrogens is 391 g/mol. The smallest absolute Gasteiger partial charge is 0.266 e. The van der Waals surface area contributed by atoms with Crippen LogP contribution in [0.25, 0.3) is 6.08 Å². The van der Waals surface area contributed by atoms with Gasteiger partial charge in [0.05, 0.1) is 17.6 Å². The minimum Gasteiger partial charge on any atom is -0.490 e. The Morgan fingerprint density at radius 3 is 2.66 bits per heavy atom. The molecule has 0 N–H and O–H groups in total. The van der Waals surface area contributed by atoms with Gasteiger partial charge >= 0.3 is 0 Å². The second-order valence-electron chi connectivity index (χ2n) is 6.63. The summed E-state index contributed by atoms with van der Waals surface area (Å²) in [5, 5.41) is 0.427. The van der Waals surface area contributed by atoms with Gasteiger partial charge in [-0.25, -0.2) is 9.38 Å². The van der Waals surface area contributed by atoms with Crippen LogP contribution in [0.2, 0.25) is 0 Å². The van der Waals surface area contributed by atoms with Crippen molar-refractivity contribution in [2.45, 2.75) is 26.9 Å². The van der Waals surface area contributed by atoms with Gasteiger partial charge in [0, 0.05) is 7.05 Å². The molecule has 0 unspecified atom stereocenters. The van der Waals surface area contributed by atoms with Gasteiger partial charge in [0.1, 0.15) is 11.5 Å². The van der Waals surface area contributed by atoms with E-state index in [1.165, 1.54) is 22.7 Å². The van der Waals surface area contributed by atoms with Crippen molar-refractivity contribution in [2.75, 3.05) is 13.7 Å². The Morgan fingerprint density at radius 2 is 1.97 bits per heavy atom. The molecule has 0 aliphatic carbocycles. The molecule has 0 bridgehead atoms. The van der Waals surface area contributed by atoms with Gasteiger partial charge in [0.2, 0.25) is 0 Å². The molecular formula is C22H23FN2O3S. The number of carbonyl (C=O) groups excluding carboxylic acids is 1. The van der Waals surface area contributed by atoms with Crippen molar-refractivity contribution >= 4 is 34.6 Å². The van der Waals surface area contributed by atoms with Gasteiger partial charge in [-0.05, 0) is 68.4 Å². The molecule has 29 heavy (non-hydrogen) atoms. The molecule has 0 spiro atoms. The summed E-state index contributed by atoms with van der Waals surface area (Å²) in [5.74, 6) is 0.666. The molecule has 2 aromatic rings. The average molecular weight is 415 g/mol. The van der Waals surface area contributed by atoms with Gasteiger partial charge in [-0.3, -0.25) is 9.69 Å². The predicted molar refractivity (Wildman–Crippen MR) is 115 cm³/mol. The lowest BCUT2D eigenvalue weighted by Crippen LogP contribution is -2.23. The maximum atomic E-state index is 13.9. The number of hydrogen-bond donors (Lipinski definition) is 0. The third-order valence-corrected chi connectivity index (χ3v) is 5.06. The van der Waals surface area contributed by atoms with E-state index in [1.807, 2.05) is 39.0 Å². The van der Waals surface area contributed by atoms with Crippen LogP contribution < -0.4 is 9.47 Å². The van der Waals surface area contributed by atoms with Crippen LogP contribution in [0.1, 0.15) is 26.3 Å². The summed E-state index contributed by atoms with van der Waals surface area (Å²) in [6.07, 6.45) is 1.80. The van der Waals surface area contributed by atoms with Crippen LogP contribution >= 0.6 is 11.8 Å². The minimum absolute atomic E-state index is 0.0242. The van der Waals surface area contributed by atoms with Gasteiger partial charge < -0.3 is 9.47 Å². The highest BCUT2D eigenvalue weighted by molar-refractivity contribution is 8.18. The van der Waals surface area contributed by atoms with Crippen LogP contribution in [-0.2, 0) is 4.79 Å².